The number of amides is 1. The third kappa shape index (κ3) is 3.98. The van der Waals surface area contributed by atoms with Gasteiger partial charge in [-0.15, -0.1) is 27.8 Å². The largest absolute Gasteiger partial charge is 0.297 e. The van der Waals surface area contributed by atoms with Crippen LogP contribution in [0.5, 0.6) is 0 Å². The summed E-state index contributed by atoms with van der Waals surface area (Å²) in [5, 5.41) is 11.2. The molecule has 0 unspecified atom stereocenters. The van der Waals surface area contributed by atoms with E-state index in [1.165, 1.54) is 39.5 Å². The summed E-state index contributed by atoms with van der Waals surface area (Å²) in [5.41, 5.74) is 2.04. The fraction of sp³-hybridized carbons (Fsp3) is 0. The second kappa shape index (κ2) is 8.17. The maximum Gasteiger partial charge on any atom is 0.297 e. The summed E-state index contributed by atoms with van der Waals surface area (Å²) in [6.07, 6.45) is 3.39. The normalized spacial score (nSPS) is 10.9. The summed E-state index contributed by atoms with van der Waals surface area (Å²) < 4.78 is 15.2. The van der Waals surface area contributed by atoms with Crippen molar-refractivity contribution in [1.29, 1.82) is 0 Å². The van der Waals surface area contributed by atoms with Crippen molar-refractivity contribution in [3.8, 4) is 27.6 Å². The average Bonchev–Trinajstić information content (AvgIpc) is 3.54. The molecule has 4 heterocycles. The number of hydrogen-bond donors (Lipinski definition) is 1. The average molecular weight is 449 g/mol. The SMILES string of the molecule is O=C(Nc1nc(-c2cccnc2)cs1)c1nc(-c2cccs2)n(-c2cccc(F)c2)n1. The Morgan fingerprint density at radius 3 is 2.77 bits per heavy atom. The fourth-order valence-electron chi connectivity index (χ4n) is 2.89. The molecule has 1 N–H and O–H groups in total. The lowest BCUT2D eigenvalue weighted by atomic mass is 10.2. The summed E-state index contributed by atoms with van der Waals surface area (Å²) in [4.78, 5) is 26.6. The van der Waals surface area contributed by atoms with Crippen LogP contribution in [0.3, 0.4) is 0 Å². The molecule has 0 aliphatic carbocycles. The lowest BCUT2D eigenvalue weighted by molar-refractivity contribution is 0.101. The molecule has 0 aliphatic rings. The predicted octanol–water partition coefficient (Wildman–Crippen LogP) is 4.91. The van der Waals surface area contributed by atoms with E-state index in [0.717, 1.165) is 10.4 Å². The molecule has 0 fully saturated rings. The number of nitrogens with one attached hydrogen (secondary N) is 1. The van der Waals surface area contributed by atoms with Crippen LogP contribution in [0.2, 0.25) is 0 Å². The first-order valence-corrected chi connectivity index (χ1v) is 10.9. The highest BCUT2D eigenvalue weighted by atomic mass is 32.1. The molecule has 1 amide bonds. The highest BCUT2D eigenvalue weighted by molar-refractivity contribution is 7.14. The summed E-state index contributed by atoms with van der Waals surface area (Å²) in [5.74, 6) is -0.478. The molecule has 0 aliphatic heterocycles. The zero-order valence-corrected chi connectivity index (χ0v) is 17.4. The van der Waals surface area contributed by atoms with E-state index >= 15 is 0 Å². The van der Waals surface area contributed by atoms with Gasteiger partial charge in [-0.25, -0.2) is 19.0 Å². The third-order valence-corrected chi connectivity index (χ3v) is 5.91. The monoisotopic (exact) mass is 448 g/mol. The number of thiophene rings is 1. The third-order valence-electron chi connectivity index (χ3n) is 4.29. The molecule has 4 aromatic heterocycles. The maximum absolute atomic E-state index is 13.8. The minimum absolute atomic E-state index is 0.0363. The van der Waals surface area contributed by atoms with Gasteiger partial charge in [-0.1, -0.05) is 12.1 Å². The summed E-state index contributed by atoms with van der Waals surface area (Å²) in [6.45, 7) is 0. The molecule has 0 saturated heterocycles. The number of rotatable bonds is 5. The number of nitrogens with zero attached hydrogens (tertiary/aromatic N) is 5. The summed E-state index contributed by atoms with van der Waals surface area (Å²) in [6, 6.07) is 13.4. The van der Waals surface area contributed by atoms with Gasteiger partial charge in [0.05, 0.1) is 16.3 Å². The Balaban J connectivity index is 1.46. The van der Waals surface area contributed by atoms with Gasteiger partial charge in [-0.05, 0) is 41.8 Å². The Labute approximate surface area is 183 Å². The predicted molar refractivity (Wildman–Crippen MR) is 118 cm³/mol. The summed E-state index contributed by atoms with van der Waals surface area (Å²) in [7, 11) is 0. The smallest absolute Gasteiger partial charge is 0.295 e. The molecule has 0 spiro atoms. The summed E-state index contributed by atoms with van der Waals surface area (Å²) >= 11 is 2.75. The molecule has 10 heteroatoms. The van der Waals surface area contributed by atoms with E-state index in [2.05, 4.69) is 25.4 Å². The Kier molecular flexibility index (Phi) is 5.06. The molecular weight excluding hydrogens is 435 g/mol. The van der Waals surface area contributed by atoms with E-state index < -0.39 is 11.7 Å². The van der Waals surface area contributed by atoms with Crippen LogP contribution in [0, 0.1) is 5.82 Å². The fourth-order valence-corrected chi connectivity index (χ4v) is 4.31. The van der Waals surface area contributed by atoms with E-state index in [1.54, 1.807) is 24.5 Å². The molecule has 1 aromatic carbocycles. The lowest BCUT2D eigenvalue weighted by Crippen LogP contribution is -2.14. The quantitative estimate of drug-likeness (QED) is 0.413. The van der Waals surface area contributed by atoms with Gasteiger partial charge in [0.2, 0.25) is 5.82 Å². The van der Waals surface area contributed by atoms with Gasteiger partial charge in [0.15, 0.2) is 11.0 Å². The number of thiazole rings is 1. The number of halogens is 1. The Bertz CT molecular complexity index is 1350. The number of anilines is 1. The van der Waals surface area contributed by atoms with E-state index in [1.807, 2.05) is 35.0 Å². The number of carbonyl (C=O) groups is 1. The maximum atomic E-state index is 13.8. The first-order chi connectivity index (χ1) is 15.2. The number of hydrogen-bond acceptors (Lipinski definition) is 7. The van der Waals surface area contributed by atoms with Crippen LogP contribution in [0.25, 0.3) is 27.6 Å². The van der Waals surface area contributed by atoms with Crippen molar-refractivity contribution in [2.24, 2.45) is 0 Å². The van der Waals surface area contributed by atoms with Crippen LogP contribution < -0.4 is 5.32 Å². The van der Waals surface area contributed by atoms with Crippen LogP contribution in [0.4, 0.5) is 9.52 Å². The number of benzene rings is 1. The highest BCUT2D eigenvalue weighted by Crippen LogP contribution is 2.27. The second-order valence-corrected chi connectivity index (χ2v) is 8.17. The van der Waals surface area contributed by atoms with Crippen LogP contribution in [0.1, 0.15) is 10.6 Å². The number of aromatic nitrogens is 5. The van der Waals surface area contributed by atoms with Gasteiger partial charge in [0.1, 0.15) is 5.82 Å². The van der Waals surface area contributed by atoms with Crippen LogP contribution in [0.15, 0.2) is 71.7 Å². The van der Waals surface area contributed by atoms with Crippen LogP contribution >= 0.6 is 22.7 Å². The van der Waals surface area contributed by atoms with Gasteiger partial charge in [-0.3, -0.25) is 15.1 Å². The zero-order chi connectivity index (χ0) is 21.2. The van der Waals surface area contributed by atoms with E-state index in [0.29, 0.717) is 22.3 Å². The molecule has 0 bridgehead atoms. The van der Waals surface area contributed by atoms with Gasteiger partial charge in [0, 0.05) is 23.3 Å². The molecule has 0 saturated carbocycles. The molecule has 7 nitrogen and oxygen atoms in total. The van der Waals surface area contributed by atoms with Gasteiger partial charge < -0.3 is 0 Å². The minimum atomic E-state index is -0.500. The Hall–Kier alpha value is -3.76. The highest BCUT2D eigenvalue weighted by Gasteiger charge is 2.20. The van der Waals surface area contributed by atoms with Crippen molar-refractivity contribution in [2.45, 2.75) is 0 Å². The molecule has 0 radical (unpaired) electrons. The minimum Gasteiger partial charge on any atom is -0.295 e. The Morgan fingerprint density at radius 1 is 1.06 bits per heavy atom. The van der Waals surface area contributed by atoms with Crippen molar-refractivity contribution in [3.63, 3.8) is 0 Å². The van der Waals surface area contributed by atoms with Crippen molar-refractivity contribution in [2.75, 3.05) is 5.32 Å². The number of pyridine rings is 1. The molecule has 0 atom stereocenters. The van der Waals surface area contributed by atoms with Crippen molar-refractivity contribution >= 4 is 33.7 Å². The van der Waals surface area contributed by atoms with E-state index in [4.69, 9.17) is 0 Å². The first-order valence-electron chi connectivity index (χ1n) is 9.11. The van der Waals surface area contributed by atoms with Crippen molar-refractivity contribution < 1.29 is 9.18 Å². The molecule has 5 rings (SSSR count). The lowest BCUT2D eigenvalue weighted by Gasteiger charge is -2.04. The van der Waals surface area contributed by atoms with E-state index in [9.17, 15) is 9.18 Å². The van der Waals surface area contributed by atoms with Gasteiger partial charge in [-0.2, -0.15) is 0 Å². The molecule has 5 aromatic rings. The van der Waals surface area contributed by atoms with E-state index in [-0.39, 0.29) is 5.82 Å². The molecule has 152 valence electrons. The van der Waals surface area contributed by atoms with Crippen LogP contribution in [-0.2, 0) is 0 Å². The van der Waals surface area contributed by atoms with Crippen molar-refractivity contribution in [3.05, 3.63) is 83.3 Å². The van der Waals surface area contributed by atoms with Gasteiger partial charge >= 0.3 is 0 Å². The van der Waals surface area contributed by atoms with Crippen molar-refractivity contribution in [1.82, 2.24) is 24.7 Å². The topological polar surface area (TPSA) is 85.6 Å². The number of carbonyl (C=O) groups excluding carboxylic acids is 1. The standard InChI is InChI=1S/C21H13FN6OS2/c22-14-5-1-6-15(10-14)28-19(17-7-3-9-30-17)25-18(27-28)20(29)26-21-24-16(12-31-21)13-4-2-8-23-11-13/h1-12H,(H,24,26,29). The Morgan fingerprint density at radius 2 is 2.00 bits per heavy atom. The second-order valence-electron chi connectivity index (χ2n) is 6.36. The zero-order valence-electron chi connectivity index (χ0n) is 15.8. The van der Waals surface area contributed by atoms with Crippen LogP contribution in [-0.4, -0.2) is 30.6 Å². The molecular formula is C21H13FN6OS2. The van der Waals surface area contributed by atoms with Gasteiger partial charge in [0.25, 0.3) is 5.91 Å². The molecule has 31 heavy (non-hydrogen) atoms. The first kappa shape index (κ1) is 19.2.